The van der Waals surface area contributed by atoms with E-state index in [0.29, 0.717) is 46.6 Å². The van der Waals surface area contributed by atoms with E-state index in [1.54, 1.807) is 61.2 Å². The van der Waals surface area contributed by atoms with Crippen LogP contribution in [-0.2, 0) is 13.1 Å². The molecule has 2 aromatic heterocycles. The Labute approximate surface area is 325 Å². The van der Waals surface area contributed by atoms with E-state index in [4.69, 9.17) is 28.4 Å². The minimum absolute atomic E-state index is 0.0757. The van der Waals surface area contributed by atoms with Gasteiger partial charge in [-0.3, -0.25) is 29.8 Å². The molecule has 14 heteroatoms. The van der Waals surface area contributed by atoms with Crippen molar-refractivity contribution >= 4 is 11.6 Å². The summed E-state index contributed by atoms with van der Waals surface area (Å²) in [5.74, 6) is 2.91. The second-order valence-corrected chi connectivity index (χ2v) is 13.2. The summed E-state index contributed by atoms with van der Waals surface area (Å²) >= 11 is 0. The van der Waals surface area contributed by atoms with E-state index in [9.17, 15) is 14.9 Å². The molecule has 3 heterocycles. The Morgan fingerprint density at radius 1 is 0.732 bits per heavy atom. The smallest absolute Gasteiger partial charge is 0.269 e. The predicted molar refractivity (Wildman–Crippen MR) is 210 cm³/mol. The molecule has 14 nitrogen and oxygen atoms in total. The van der Waals surface area contributed by atoms with Gasteiger partial charge in [0.1, 0.15) is 0 Å². The van der Waals surface area contributed by atoms with Gasteiger partial charge in [0.25, 0.3) is 11.6 Å². The van der Waals surface area contributed by atoms with Crippen molar-refractivity contribution in [1.82, 2.24) is 19.8 Å². The van der Waals surface area contributed by atoms with E-state index in [-0.39, 0.29) is 24.2 Å². The summed E-state index contributed by atoms with van der Waals surface area (Å²) in [6, 6.07) is 19.2. The maximum Gasteiger partial charge on any atom is 0.269 e. The van der Waals surface area contributed by atoms with E-state index in [0.717, 1.165) is 59.4 Å². The number of rotatable bonds is 15. The van der Waals surface area contributed by atoms with Crippen molar-refractivity contribution in [2.45, 2.75) is 32.0 Å². The van der Waals surface area contributed by atoms with Gasteiger partial charge in [-0.1, -0.05) is 0 Å². The van der Waals surface area contributed by atoms with Crippen LogP contribution in [0.2, 0.25) is 0 Å². The highest BCUT2D eigenvalue weighted by Crippen LogP contribution is 2.42. The number of nitro groups is 1. The molecule has 1 aliphatic rings. The Bertz CT molecular complexity index is 2120. The van der Waals surface area contributed by atoms with Crippen molar-refractivity contribution in [2.75, 3.05) is 55.7 Å². The van der Waals surface area contributed by atoms with Crippen LogP contribution in [0.5, 0.6) is 34.5 Å². The SMILES string of the molecule is COc1cc(-c2cncc(CN(C(=O)c3ccc([N+](=O)[O-])cc3)C3CCN(Cc4ccnc(-c5cc(OC)c(OC)c(OC)c5)c4)CC3)c2)cc(OC)c1OC. The number of benzene rings is 3. The molecule has 0 saturated carbocycles. The van der Waals surface area contributed by atoms with Crippen molar-refractivity contribution in [3.63, 3.8) is 0 Å². The molecule has 0 unspecified atom stereocenters. The third-order valence-electron chi connectivity index (χ3n) is 9.92. The Balaban J connectivity index is 1.22. The molecule has 0 N–H and O–H groups in total. The molecular weight excluding hydrogens is 718 g/mol. The van der Waals surface area contributed by atoms with Gasteiger partial charge in [0, 0.05) is 79.6 Å². The van der Waals surface area contributed by atoms with Gasteiger partial charge in [-0.25, -0.2) is 0 Å². The van der Waals surface area contributed by atoms with Crippen molar-refractivity contribution in [3.05, 3.63) is 112 Å². The molecule has 1 saturated heterocycles. The van der Waals surface area contributed by atoms with E-state index >= 15 is 0 Å². The third kappa shape index (κ3) is 8.60. The zero-order valence-electron chi connectivity index (χ0n) is 32.3. The molecule has 6 rings (SSSR count). The van der Waals surface area contributed by atoms with Crippen molar-refractivity contribution in [3.8, 4) is 56.9 Å². The monoisotopic (exact) mass is 763 g/mol. The number of ether oxygens (including phenoxy) is 6. The lowest BCUT2D eigenvalue weighted by atomic mass is 9.99. The average Bonchev–Trinajstić information content (AvgIpc) is 3.24. The first kappa shape index (κ1) is 39.3. The normalized spacial score (nSPS) is 13.1. The molecule has 5 aromatic rings. The molecule has 0 radical (unpaired) electrons. The number of aromatic nitrogens is 2. The number of carbonyl (C=O) groups excluding carboxylic acids is 1. The number of nitro benzene ring substituents is 1. The number of hydrogen-bond donors (Lipinski definition) is 0. The molecule has 1 amide bonds. The lowest BCUT2D eigenvalue weighted by molar-refractivity contribution is -0.384. The second kappa shape index (κ2) is 17.8. The number of methoxy groups -OCH3 is 6. The van der Waals surface area contributed by atoms with Crippen LogP contribution in [0.3, 0.4) is 0 Å². The van der Waals surface area contributed by atoms with Crippen LogP contribution in [0.15, 0.2) is 85.3 Å². The van der Waals surface area contributed by atoms with Crippen LogP contribution in [0.25, 0.3) is 22.4 Å². The summed E-state index contributed by atoms with van der Waals surface area (Å²) in [6.45, 7) is 2.48. The number of nitrogens with zero attached hydrogens (tertiary/aromatic N) is 5. The zero-order valence-corrected chi connectivity index (χ0v) is 32.3. The Morgan fingerprint density at radius 3 is 1.84 bits per heavy atom. The van der Waals surface area contributed by atoms with Crippen LogP contribution in [-0.4, -0.2) is 92.4 Å². The summed E-state index contributed by atoms with van der Waals surface area (Å²) in [5, 5.41) is 11.4. The fraction of sp³-hybridized carbons (Fsp3) is 0.310. The standard InChI is InChI=1S/C42H45N5O9/c1-51-36-19-30(20-37(52-2)40(36)55-5)32-17-28(23-43-24-32)26-46(42(48)29-7-9-34(10-8-29)47(49)50)33-12-15-45(16-13-33)25-27-11-14-44-35(18-27)31-21-38(53-3)41(56-6)39(22-31)54-4/h7-11,14,17-24,33H,12-13,15-16,25-26H2,1-6H3. The Morgan fingerprint density at radius 2 is 1.30 bits per heavy atom. The maximum absolute atomic E-state index is 14.2. The summed E-state index contributed by atoms with van der Waals surface area (Å²) in [5.41, 5.74) is 5.45. The fourth-order valence-corrected chi connectivity index (χ4v) is 7.04. The maximum atomic E-state index is 14.2. The van der Waals surface area contributed by atoms with Gasteiger partial charge in [0.15, 0.2) is 23.0 Å². The fourth-order valence-electron chi connectivity index (χ4n) is 7.04. The molecule has 0 bridgehead atoms. The summed E-state index contributed by atoms with van der Waals surface area (Å²) in [4.78, 5) is 38.5. The number of non-ortho nitro benzene ring substituents is 1. The number of likely N-dealkylation sites (tertiary alicyclic amines) is 1. The van der Waals surface area contributed by atoms with Gasteiger partial charge in [-0.05, 0) is 84.1 Å². The largest absolute Gasteiger partial charge is 0.493 e. The number of hydrogen-bond acceptors (Lipinski definition) is 12. The van der Waals surface area contributed by atoms with E-state index in [1.165, 1.54) is 24.3 Å². The van der Waals surface area contributed by atoms with Gasteiger partial charge in [-0.15, -0.1) is 0 Å². The zero-order chi connectivity index (χ0) is 39.8. The number of piperidine rings is 1. The van der Waals surface area contributed by atoms with Crippen molar-refractivity contribution < 1.29 is 38.1 Å². The van der Waals surface area contributed by atoms with Gasteiger partial charge in [0.2, 0.25) is 11.5 Å². The molecule has 56 heavy (non-hydrogen) atoms. The second-order valence-electron chi connectivity index (χ2n) is 13.2. The highest BCUT2D eigenvalue weighted by atomic mass is 16.6. The summed E-state index contributed by atoms with van der Waals surface area (Å²) < 4.78 is 33.3. The molecule has 1 aliphatic heterocycles. The van der Waals surface area contributed by atoms with Crippen LogP contribution in [0.4, 0.5) is 5.69 Å². The average molecular weight is 764 g/mol. The molecular formula is C42H45N5O9. The molecule has 0 aliphatic carbocycles. The third-order valence-corrected chi connectivity index (χ3v) is 9.92. The highest BCUT2D eigenvalue weighted by molar-refractivity contribution is 5.94. The number of amides is 1. The summed E-state index contributed by atoms with van der Waals surface area (Å²) in [7, 11) is 9.42. The van der Waals surface area contributed by atoms with Crippen LogP contribution >= 0.6 is 0 Å². The van der Waals surface area contributed by atoms with Gasteiger partial charge >= 0.3 is 0 Å². The van der Waals surface area contributed by atoms with E-state index < -0.39 is 4.92 Å². The van der Waals surface area contributed by atoms with Crippen LogP contribution < -0.4 is 28.4 Å². The molecule has 0 atom stereocenters. The predicted octanol–water partition coefficient (Wildman–Crippen LogP) is 7.08. The Kier molecular flexibility index (Phi) is 12.5. The molecule has 292 valence electrons. The molecule has 1 fully saturated rings. The molecule has 0 spiro atoms. The highest BCUT2D eigenvalue weighted by Gasteiger charge is 2.30. The number of pyridine rings is 2. The Hall–Kier alpha value is -6.41. The first-order chi connectivity index (χ1) is 27.2. The van der Waals surface area contributed by atoms with Crippen molar-refractivity contribution in [2.24, 2.45) is 0 Å². The lowest BCUT2D eigenvalue weighted by Crippen LogP contribution is -2.46. The minimum Gasteiger partial charge on any atom is -0.493 e. The van der Waals surface area contributed by atoms with E-state index in [1.807, 2.05) is 41.3 Å². The molecule has 3 aromatic carbocycles. The van der Waals surface area contributed by atoms with Crippen LogP contribution in [0, 0.1) is 10.1 Å². The van der Waals surface area contributed by atoms with Gasteiger partial charge in [0.05, 0.1) is 53.3 Å². The van der Waals surface area contributed by atoms with Gasteiger partial charge in [-0.2, -0.15) is 0 Å². The minimum atomic E-state index is -0.474. The first-order valence-corrected chi connectivity index (χ1v) is 18.0. The van der Waals surface area contributed by atoms with Crippen molar-refractivity contribution in [1.29, 1.82) is 0 Å². The first-order valence-electron chi connectivity index (χ1n) is 18.0. The lowest BCUT2D eigenvalue weighted by Gasteiger charge is -2.39. The topological polar surface area (TPSA) is 148 Å². The van der Waals surface area contributed by atoms with Crippen LogP contribution in [0.1, 0.15) is 34.3 Å². The summed E-state index contributed by atoms with van der Waals surface area (Å²) in [6.07, 6.45) is 6.75. The van der Waals surface area contributed by atoms with Gasteiger partial charge < -0.3 is 33.3 Å². The quantitative estimate of drug-likeness (QED) is 0.0793. The van der Waals surface area contributed by atoms with E-state index in [2.05, 4.69) is 20.9 Å². The number of carbonyl (C=O) groups is 1.